The van der Waals surface area contributed by atoms with E-state index in [0.29, 0.717) is 10.2 Å². The van der Waals surface area contributed by atoms with Crippen LogP contribution in [0.4, 0.5) is 4.39 Å². The van der Waals surface area contributed by atoms with Crippen molar-refractivity contribution in [3.05, 3.63) is 28.2 Å². The molecule has 0 bridgehead atoms. The minimum absolute atomic E-state index is 0.279. The summed E-state index contributed by atoms with van der Waals surface area (Å²) >= 11 is 3.19. The first-order chi connectivity index (χ1) is 6.69. The van der Waals surface area contributed by atoms with E-state index in [4.69, 9.17) is 4.74 Å². The standard InChI is InChI=1S/C9H7BrFNO2/c1-14-8-3-2-6(4-7(8)10)9(11)12-5-13/h2-4,9H,1H3. The van der Waals surface area contributed by atoms with E-state index in [1.54, 1.807) is 6.07 Å². The minimum atomic E-state index is -1.67. The molecular weight excluding hydrogens is 253 g/mol. The molecular formula is C9H7BrFNO2. The highest BCUT2D eigenvalue weighted by Gasteiger charge is 2.09. The Hall–Kier alpha value is -1.19. The average molecular weight is 260 g/mol. The molecule has 0 spiro atoms. The molecule has 0 heterocycles. The molecule has 0 amide bonds. The van der Waals surface area contributed by atoms with Crippen LogP contribution in [0.1, 0.15) is 11.9 Å². The number of aliphatic imine (C=N–C) groups is 1. The molecule has 1 atom stereocenters. The Balaban J connectivity index is 3.01. The monoisotopic (exact) mass is 259 g/mol. The maximum atomic E-state index is 13.1. The Morgan fingerprint density at radius 1 is 1.64 bits per heavy atom. The van der Waals surface area contributed by atoms with Gasteiger partial charge >= 0.3 is 0 Å². The van der Waals surface area contributed by atoms with Gasteiger partial charge in [-0.25, -0.2) is 9.18 Å². The van der Waals surface area contributed by atoms with Crippen LogP contribution in [0, 0.1) is 0 Å². The van der Waals surface area contributed by atoms with Crippen molar-refractivity contribution in [2.24, 2.45) is 4.99 Å². The van der Waals surface area contributed by atoms with Crippen molar-refractivity contribution in [3.63, 3.8) is 0 Å². The Bertz CT molecular complexity index is 377. The second kappa shape index (κ2) is 4.88. The number of nitrogens with zero attached hydrogens (tertiary/aromatic N) is 1. The Morgan fingerprint density at radius 2 is 2.36 bits per heavy atom. The number of hydrogen-bond acceptors (Lipinski definition) is 3. The molecule has 0 saturated carbocycles. The molecule has 5 heteroatoms. The molecule has 1 aromatic carbocycles. The molecule has 1 unspecified atom stereocenters. The molecule has 14 heavy (non-hydrogen) atoms. The quantitative estimate of drug-likeness (QED) is 0.476. The zero-order valence-electron chi connectivity index (χ0n) is 7.33. The van der Waals surface area contributed by atoms with Crippen molar-refractivity contribution in [2.45, 2.75) is 6.30 Å². The number of ether oxygens (including phenoxy) is 1. The predicted molar refractivity (Wildman–Crippen MR) is 52.7 cm³/mol. The lowest BCUT2D eigenvalue weighted by molar-refractivity contribution is 0.355. The normalized spacial score (nSPS) is 11.6. The zero-order valence-corrected chi connectivity index (χ0v) is 8.92. The van der Waals surface area contributed by atoms with Crippen LogP contribution in [0.25, 0.3) is 0 Å². The summed E-state index contributed by atoms with van der Waals surface area (Å²) in [6, 6.07) is 4.59. The molecule has 0 saturated heterocycles. The predicted octanol–water partition coefficient (Wildman–Crippen LogP) is 2.76. The second-order valence-electron chi connectivity index (χ2n) is 2.45. The Morgan fingerprint density at radius 3 is 2.86 bits per heavy atom. The molecule has 1 rings (SSSR count). The number of carbonyl (C=O) groups excluding carboxylic acids is 1. The first-order valence-corrected chi connectivity index (χ1v) is 4.53. The van der Waals surface area contributed by atoms with Gasteiger partial charge in [-0.2, -0.15) is 4.99 Å². The smallest absolute Gasteiger partial charge is 0.238 e. The highest BCUT2D eigenvalue weighted by atomic mass is 79.9. The van der Waals surface area contributed by atoms with Gasteiger partial charge in [-0.3, -0.25) is 0 Å². The summed E-state index contributed by atoms with van der Waals surface area (Å²) in [4.78, 5) is 12.8. The summed E-state index contributed by atoms with van der Waals surface area (Å²) in [5, 5.41) is 0. The van der Waals surface area contributed by atoms with E-state index < -0.39 is 6.30 Å². The SMILES string of the molecule is COc1ccc(C(F)N=C=O)cc1Br. The molecule has 3 nitrogen and oxygen atoms in total. The second-order valence-corrected chi connectivity index (χ2v) is 3.30. The number of rotatable bonds is 3. The van der Waals surface area contributed by atoms with E-state index in [-0.39, 0.29) is 5.56 Å². The molecule has 0 radical (unpaired) electrons. The summed E-state index contributed by atoms with van der Waals surface area (Å²) in [5.41, 5.74) is 0.279. The summed E-state index contributed by atoms with van der Waals surface area (Å²) in [6.45, 7) is 0. The lowest BCUT2D eigenvalue weighted by Crippen LogP contribution is -1.90. The van der Waals surface area contributed by atoms with E-state index >= 15 is 0 Å². The number of alkyl halides is 1. The van der Waals surface area contributed by atoms with Crippen LogP contribution in [0.3, 0.4) is 0 Å². The van der Waals surface area contributed by atoms with Crippen molar-refractivity contribution >= 4 is 22.0 Å². The summed E-state index contributed by atoms with van der Waals surface area (Å²) < 4.78 is 18.6. The van der Waals surface area contributed by atoms with E-state index in [1.165, 1.54) is 25.3 Å². The summed E-state index contributed by atoms with van der Waals surface area (Å²) in [7, 11) is 1.51. The van der Waals surface area contributed by atoms with Gasteiger partial charge in [-0.05, 0) is 28.1 Å². The van der Waals surface area contributed by atoms with E-state index in [1.807, 2.05) is 0 Å². The highest BCUT2D eigenvalue weighted by molar-refractivity contribution is 9.10. The molecule has 0 aromatic heterocycles. The van der Waals surface area contributed by atoms with Gasteiger partial charge in [0.2, 0.25) is 12.4 Å². The third-order valence-corrected chi connectivity index (χ3v) is 2.24. The van der Waals surface area contributed by atoms with Crippen molar-refractivity contribution in [2.75, 3.05) is 7.11 Å². The fourth-order valence-electron chi connectivity index (χ4n) is 0.952. The maximum absolute atomic E-state index is 13.1. The molecule has 0 N–H and O–H groups in total. The zero-order chi connectivity index (χ0) is 10.6. The average Bonchev–Trinajstić information content (AvgIpc) is 2.18. The van der Waals surface area contributed by atoms with Crippen LogP contribution in [0.15, 0.2) is 27.7 Å². The van der Waals surface area contributed by atoms with Crippen molar-refractivity contribution in [1.29, 1.82) is 0 Å². The number of isocyanates is 1. The molecule has 0 fully saturated rings. The first-order valence-electron chi connectivity index (χ1n) is 3.73. The summed E-state index contributed by atoms with van der Waals surface area (Å²) in [6.07, 6.45) is -0.504. The van der Waals surface area contributed by atoms with Gasteiger partial charge in [-0.15, -0.1) is 0 Å². The van der Waals surface area contributed by atoms with Gasteiger partial charge < -0.3 is 4.74 Å². The molecule has 74 valence electrons. The van der Waals surface area contributed by atoms with Crippen molar-refractivity contribution in [3.8, 4) is 5.75 Å². The third-order valence-electron chi connectivity index (χ3n) is 1.62. The van der Waals surface area contributed by atoms with Gasteiger partial charge in [0.05, 0.1) is 11.6 Å². The number of methoxy groups -OCH3 is 1. The van der Waals surface area contributed by atoms with Crippen LogP contribution in [-0.2, 0) is 4.79 Å². The van der Waals surface area contributed by atoms with Crippen molar-refractivity contribution < 1.29 is 13.9 Å². The Labute approximate surface area is 88.7 Å². The fourth-order valence-corrected chi connectivity index (χ4v) is 1.51. The highest BCUT2D eigenvalue weighted by Crippen LogP contribution is 2.29. The van der Waals surface area contributed by atoms with Gasteiger partial charge in [0.25, 0.3) is 0 Å². The lowest BCUT2D eigenvalue weighted by Gasteiger charge is -2.06. The van der Waals surface area contributed by atoms with Crippen LogP contribution < -0.4 is 4.74 Å². The van der Waals surface area contributed by atoms with E-state index in [0.717, 1.165) is 0 Å². The van der Waals surface area contributed by atoms with E-state index in [9.17, 15) is 9.18 Å². The van der Waals surface area contributed by atoms with Crippen LogP contribution in [0.2, 0.25) is 0 Å². The van der Waals surface area contributed by atoms with Gasteiger partial charge in [0.1, 0.15) is 5.75 Å². The molecule has 0 aliphatic heterocycles. The number of hydrogen-bond donors (Lipinski definition) is 0. The van der Waals surface area contributed by atoms with Crippen LogP contribution >= 0.6 is 15.9 Å². The Kier molecular flexibility index (Phi) is 3.80. The van der Waals surface area contributed by atoms with E-state index in [2.05, 4.69) is 20.9 Å². The van der Waals surface area contributed by atoms with Crippen LogP contribution in [0.5, 0.6) is 5.75 Å². The molecule has 0 aliphatic rings. The topological polar surface area (TPSA) is 38.7 Å². The van der Waals surface area contributed by atoms with Gasteiger partial charge in [0.15, 0.2) is 0 Å². The third kappa shape index (κ3) is 2.40. The molecule has 0 aliphatic carbocycles. The largest absolute Gasteiger partial charge is 0.496 e. The number of benzene rings is 1. The van der Waals surface area contributed by atoms with Crippen LogP contribution in [-0.4, -0.2) is 13.2 Å². The lowest BCUT2D eigenvalue weighted by atomic mass is 10.2. The van der Waals surface area contributed by atoms with Crippen molar-refractivity contribution in [1.82, 2.24) is 0 Å². The maximum Gasteiger partial charge on any atom is 0.238 e. The fraction of sp³-hybridized carbons (Fsp3) is 0.222. The van der Waals surface area contributed by atoms with Gasteiger partial charge in [-0.1, -0.05) is 6.07 Å². The molecule has 1 aromatic rings. The minimum Gasteiger partial charge on any atom is -0.496 e. The summed E-state index contributed by atoms with van der Waals surface area (Å²) in [5.74, 6) is 0.594. The van der Waals surface area contributed by atoms with Gasteiger partial charge in [0, 0.05) is 5.56 Å². The first kappa shape index (κ1) is 10.9. The number of halogens is 2.